The van der Waals surface area contributed by atoms with Crippen molar-refractivity contribution >= 4 is 67.6 Å². The maximum Gasteiger partial charge on any atom is 0.0775 e. The average molecular weight is 581 g/mol. The van der Waals surface area contributed by atoms with E-state index in [1.54, 1.807) is 0 Å². The van der Waals surface area contributed by atoms with E-state index in [0.717, 1.165) is 0 Å². The number of benzene rings is 7. The summed E-state index contributed by atoms with van der Waals surface area (Å²) in [4.78, 5) is 0. The Bertz CT molecular complexity index is 2510. The SMILES string of the molecule is C[Si](C)(C)c1ccc(-n2c3cccc4ccc5c(-c6ccc7c(c6)c6ccccc6n7-c6ccccc6)ccc2c5c43)cc1. The molecule has 7 aromatic carbocycles. The van der Waals surface area contributed by atoms with E-state index in [4.69, 9.17) is 0 Å². The van der Waals surface area contributed by atoms with Gasteiger partial charge in [-0.15, -0.1) is 0 Å². The van der Waals surface area contributed by atoms with E-state index in [1.807, 2.05) is 0 Å². The lowest BCUT2D eigenvalue weighted by Crippen LogP contribution is -2.37. The first-order valence-electron chi connectivity index (χ1n) is 15.5. The van der Waals surface area contributed by atoms with Crippen LogP contribution < -0.4 is 5.19 Å². The molecule has 44 heavy (non-hydrogen) atoms. The van der Waals surface area contributed by atoms with Crippen molar-refractivity contribution in [2.75, 3.05) is 0 Å². The minimum Gasteiger partial charge on any atom is -0.309 e. The Balaban J connectivity index is 1.29. The first kappa shape index (κ1) is 25.4. The van der Waals surface area contributed by atoms with E-state index >= 15 is 0 Å². The summed E-state index contributed by atoms with van der Waals surface area (Å²) in [5.74, 6) is 0. The maximum absolute atomic E-state index is 2.46. The molecular weight excluding hydrogens is 549 g/mol. The van der Waals surface area contributed by atoms with E-state index in [1.165, 1.54) is 82.1 Å². The zero-order valence-corrected chi connectivity index (χ0v) is 26.2. The molecule has 0 bridgehead atoms. The molecule has 0 aliphatic heterocycles. The van der Waals surface area contributed by atoms with Gasteiger partial charge in [0.15, 0.2) is 0 Å². The third-order valence-corrected chi connectivity index (χ3v) is 11.5. The first-order valence-corrected chi connectivity index (χ1v) is 19.0. The van der Waals surface area contributed by atoms with Crippen LogP contribution in [0.3, 0.4) is 0 Å². The number of rotatable bonds is 4. The van der Waals surface area contributed by atoms with Gasteiger partial charge in [0.1, 0.15) is 0 Å². The summed E-state index contributed by atoms with van der Waals surface area (Å²) in [6, 6.07) is 51.8. The Labute approximate surface area is 257 Å². The van der Waals surface area contributed by atoms with Crippen molar-refractivity contribution in [1.29, 1.82) is 0 Å². The highest BCUT2D eigenvalue weighted by molar-refractivity contribution is 6.88. The molecule has 0 radical (unpaired) electrons. The highest BCUT2D eigenvalue weighted by Crippen LogP contribution is 2.43. The van der Waals surface area contributed by atoms with Gasteiger partial charge in [-0.3, -0.25) is 0 Å². The van der Waals surface area contributed by atoms with Gasteiger partial charge in [0.2, 0.25) is 0 Å². The van der Waals surface area contributed by atoms with Crippen LogP contribution in [0.2, 0.25) is 19.6 Å². The van der Waals surface area contributed by atoms with Gasteiger partial charge in [0.25, 0.3) is 0 Å². The van der Waals surface area contributed by atoms with Crippen molar-refractivity contribution in [2.45, 2.75) is 19.6 Å². The highest BCUT2D eigenvalue weighted by atomic mass is 28.3. The third kappa shape index (κ3) is 3.60. The van der Waals surface area contributed by atoms with Gasteiger partial charge in [0, 0.05) is 32.9 Å². The van der Waals surface area contributed by atoms with Gasteiger partial charge in [-0.2, -0.15) is 0 Å². The van der Waals surface area contributed by atoms with Gasteiger partial charge >= 0.3 is 0 Å². The van der Waals surface area contributed by atoms with E-state index in [2.05, 4.69) is 168 Å². The molecule has 0 unspecified atom stereocenters. The zero-order valence-electron chi connectivity index (χ0n) is 25.2. The largest absolute Gasteiger partial charge is 0.309 e. The van der Waals surface area contributed by atoms with Gasteiger partial charge in [-0.25, -0.2) is 0 Å². The Morgan fingerprint density at radius 3 is 1.91 bits per heavy atom. The fourth-order valence-corrected chi connectivity index (χ4v) is 8.49. The monoisotopic (exact) mass is 580 g/mol. The lowest BCUT2D eigenvalue weighted by molar-refractivity contribution is 1.18. The molecule has 9 rings (SSSR count). The van der Waals surface area contributed by atoms with Crippen LogP contribution in [0.1, 0.15) is 0 Å². The van der Waals surface area contributed by atoms with Crippen LogP contribution in [0.15, 0.2) is 140 Å². The fourth-order valence-electron chi connectivity index (χ4n) is 7.32. The molecule has 0 saturated carbocycles. The molecular formula is C41H32N2Si. The lowest BCUT2D eigenvalue weighted by Gasteiger charge is -2.17. The molecule has 0 saturated heterocycles. The van der Waals surface area contributed by atoms with E-state index in [-0.39, 0.29) is 0 Å². The van der Waals surface area contributed by atoms with Gasteiger partial charge < -0.3 is 9.13 Å². The first-order chi connectivity index (χ1) is 21.5. The molecule has 2 heterocycles. The highest BCUT2D eigenvalue weighted by Gasteiger charge is 2.21. The summed E-state index contributed by atoms with van der Waals surface area (Å²) in [6.45, 7) is 7.23. The second kappa shape index (κ2) is 9.19. The van der Waals surface area contributed by atoms with Crippen LogP contribution in [0.4, 0.5) is 0 Å². The molecule has 0 aliphatic rings. The molecule has 210 valence electrons. The zero-order chi connectivity index (χ0) is 29.6. The quantitative estimate of drug-likeness (QED) is 0.145. The summed E-state index contributed by atoms with van der Waals surface area (Å²) < 4.78 is 4.84. The second-order valence-electron chi connectivity index (χ2n) is 13.0. The van der Waals surface area contributed by atoms with Crippen LogP contribution in [-0.4, -0.2) is 17.2 Å². The van der Waals surface area contributed by atoms with Crippen LogP contribution in [0.5, 0.6) is 0 Å². The van der Waals surface area contributed by atoms with Gasteiger partial charge in [0.05, 0.1) is 30.1 Å². The van der Waals surface area contributed by atoms with Crippen molar-refractivity contribution in [3.05, 3.63) is 140 Å². The Morgan fingerprint density at radius 2 is 1.09 bits per heavy atom. The van der Waals surface area contributed by atoms with Crippen molar-refractivity contribution in [1.82, 2.24) is 9.13 Å². The summed E-state index contributed by atoms with van der Waals surface area (Å²) in [5.41, 5.74) is 9.91. The summed E-state index contributed by atoms with van der Waals surface area (Å²) in [7, 11) is -1.38. The predicted octanol–water partition coefficient (Wildman–Crippen LogP) is 10.7. The summed E-state index contributed by atoms with van der Waals surface area (Å²) in [5, 5.41) is 9.32. The van der Waals surface area contributed by atoms with E-state index in [9.17, 15) is 0 Å². The molecule has 2 nitrogen and oxygen atoms in total. The Kier molecular flexibility index (Phi) is 5.30. The number of aromatic nitrogens is 2. The van der Waals surface area contributed by atoms with E-state index in [0.29, 0.717) is 0 Å². The second-order valence-corrected chi connectivity index (χ2v) is 18.1. The van der Waals surface area contributed by atoms with Crippen LogP contribution in [0.25, 0.3) is 76.9 Å². The number of fused-ring (bicyclic) bond motifs is 3. The number of hydrogen-bond acceptors (Lipinski definition) is 0. The minimum atomic E-state index is -1.38. The molecule has 0 atom stereocenters. The van der Waals surface area contributed by atoms with Crippen molar-refractivity contribution in [3.63, 3.8) is 0 Å². The van der Waals surface area contributed by atoms with Crippen LogP contribution >= 0.6 is 0 Å². The molecule has 0 fully saturated rings. The van der Waals surface area contributed by atoms with Crippen molar-refractivity contribution < 1.29 is 0 Å². The van der Waals surface area contributed by atoms with E-state index < -0.39 is 8.07 Å². The normalized spacial score (nSPS) is 12.4. The van der Waals surface area contributed by atoms with Crippen molar-refractivity contribution in [3.8, 4) is 22.5 Å². The predicted molar refractivity (Wildman–Crippen MR) is 192 cm³/mol. The van der Waals surface area contributed by atoms with Gasteiger partial charge in [-0.05, 0) is 76.5 Å². The topological polar surface area (TPSA) is 9.86 Å². The molecule has 3 heteroatoms. The number of para-hydroxylation sites is 2. The van der Waals surface area contributed by atoms with Crippen LogP contribution in [-0.2, 0) is 0 Å². The molecule has 9 aromatic rings. The third-order valence-electron chi connectivity index (χ3n) is 9.45. The Morgan fingerprint density at radius 1 is 0.432 bits per heavy atom. The molecule has 0 spiro atoms. The smallest absolute Gasteiger partial charge is 0.0775 e. The molecule has 0 N–H and O–H groups in total. The summed E-state index contributed by atoms with van der Waals surface area (Å²) >= 11 is 0. The van der Waals surface area contributed by atoms with Gasteiger partial charge in [-0.1, -0.05) is 110 Å². The maximum atomic E-state index is 2.46. The standard InChI is InChI=1S/C41H32N2Si/c1-44(2,3)31-20-18-30(19-21-31)43-38-15-9-10-27-16-22-34-32(23-25-39(43)41(34)40(27)38)28-17-24-37-35(26-28)33-13-7-8-14-36(33)42(37)29-11-5-4-6-12-29/h4-26H,1-3H3. The average Bonchev–Trinajstić information content (AvgIpc) is 3.57. The molecule has 0 aliphatic carbocycles. The molecule has 0 amide bonds. The Hall–Kier alpha value is -5.12. The van der Waals surface area contributed by atoms with Crippen LogP contribution in [0, 0.1) is 0 Å². The molecule has 2 aromatic heterocycles. The lowest BCUT2D eigenvalue weighted by atomic mass is 9.94. The summed E-state index contributed by atoms with van der Waals surface area (Å²) in [6.07, 6.45) is 0. The fraction of sp³-hybridized carbons (Fsp3) is 0.0732. The number of nitrogens with zero attached hydrogens (tertiary/aromatic N) is 2. The minimum absolute atomic E-state index is 1.18. The van der Waals surface area contributed by atoms with Crippen molar-refractivity contribution in [2.24, 2.45) is 0 Å². The number of hydrogen-bond donors (Lipinski definition) is 0.